The van der Waals surface area contributed by atoms with E-state index in [9.17, 15) is 0 Å². The van der Waals surface area contributed by atoms with Gasteiger partial charge in [0.05, 0.1) is 10.2 Å². The van der Waals surface area contributed by atoms with Gasteiger partial charge in [0, 0.05) is 11.1 Å². The zero-order valence-corrected chi connectivity index (χ0v) is 15.8. The summed E-state index contributed by atoms with van der Waals surface area (Å²) in [6.45, 7) is 1.80. The standard InChI is InChI=1S/C18H17ClN2O2S.ClH/c19-12-3-8-16-17(10-12)24-18(21-16)23-15-6-4-14(5-7-15)22-11-13-2-1-9-20-13;/h3-8,10,13,20H,1-2,9,11H2;1H. The zero-order chi connectivity index (χ0) is 16.4. The molecule has 0 aliphatic carbocycles. The fourth-order valence-electron chi connectivity index (χ4n) is 2.72. The van der Waals surface area contributed by atoms with E-state index in [-0.39, 0.29) is 12.4 Å². The van der Waals surface area contributed by atoms with Crippen LogP contribution in [0.15, 0.2) is 42.5 Å². The number of fused-ring (bicyclic) bond motifs is 1. The van der Waals surface area contributed by atoms with Gasteiger partial charge in [0.15, 0.2) is 0 Å². The van der Waals surface area contributed by atoms with Gasteiger partial charge in [-0.15, -0.1) is 12.4 Å². The smallest absolute Gasteiger partial charge is 0.279 e. The van der Waals surface area contributed by atoms with E-state index in [0.717, 1.165) is 28.3 Å². The van der Waals surface area contributed by atoms with Crippen LogP contribution in [0.3, 0.4) is 0 Å². The van der Waals surface area contributed by atoms with E-state index in [1.807, 2.05) is 42.5 Å². The maximum atomic E-state index is 6.00. The summed E-state index contributed by atoms with van der Waals surface area (Å²) < 4.78 is 12.7. The second kappa shape index (κ2) is 8.23. The van der Waals surface area contributed by atoms with Crippen LogP contribution in [0.2, 0.25) is 5.02 Å². The molecule has 1 fully saturated rings. The van der Waals surface area contributed by atoms with Gasteiger partial charge in [-0.25, -0.2) is 4.98 Å². The Morgan fingerprint density at radius 2 is 1.96 bits per heavy atom. The molecule has 2 aromatic carbocycles. The number of thiazole rings is 1. The number of hydrogen-bond donors (Lipinski definition) is 1. The van der Waals surface area contributed by atoms with Crippen molar-refractivity contribution in [1.82, 2.24) is 10.3 Å². The number of halogens is 2. The first-order valence-corrected chi connectivity index (χ1v) is 9.16. The first-order chi connectivity index (χ1) is 11.8. The summed E-state index contributed by atoms with van der Waals surface area (Å²) in [5, 5.41) is 4.73. The van der Waals surface area contributed by atoms with E-state index < -0.39 is 0 Å². The van der Waals surface area contributed by atoms with Crippen LogP contribution in [0, 0.1) is 0 Å². The van der Waals surface area contributed by atoms with Crippen molar-refractivity contribution in [1.29, 1.82) is 0 Å². The molecule has 4 nitrogen and oxygen atoms in total. The number of rotatable bonds is 5. The highest BCUT2D eigenvalue weighted by molar-refractivity contribution is 7.20. The predicted octanol–water partition coefficient (Wildman–Crippen LogP) is 5.29. The summed E-state index contributed by atoms with van der Waals surface area (Å²) in [6.07, 6.45) is 2.41. The fourth-order valence-corrected chi connectivity index (χ4v) is 3.83. The zero-order valence-electron chi connectivity index (χ0n) is 13.4. The van der Waals surface area contributed by atoms with Crippen LogP contribution in [-0.4, -0.2) is 24.2 Å². The quantitative estimate of drug-likeness (QED) is 0.635. The van der Waals surface area contributed by atoms with Crippen molar-refractivity contribution >= 4 is 45.6 Å². The van der Waals surface area contributed by atoms with Crippen LogP contribution in [-0.2, 0) is 0 Å². The highest BCUT2D eigenvalue weighted by Crippen LogP contribution is 2.33. The minimum absolute atomic E-state index is 0. The summed E-state index contributed by atoms with van der Waals surface area (Å²) in [4.78, 5) is 4.46. The Balaban J connectivity index is 0.00000182. The highest BCUT2D eigenvalue weighted by atomic mass is 35.5. The molecular weight excluding hydrogens is 379 g/mol. The minimum atomic E-state index is 0. The van der Waals surface area contributed by atoms with Crippen molar-refractivity contribution in [3.05, 3.63) is 47.5 Å². The maximum Gasteiger partial charge on any atom is 0.279 e. The van der Waals surface area contributed by atoms with Crippen LogP contribution < -0.4 is 14.8 Å². The monoisotopic (exact) mass is 396 g/mol. The summed E-state index contributed by atoms with van der Waals surface area (Å²) in [7, 11) is 0. The topological polar surface area (TPSA) is 43.4 Å². The van der Waals surface area contributed by atoms with Gasteiger partial charge in [-0.3, -0.25) is 0 Å². The number of aromatic nitrogens is 1. The lowest BCUT2D eigenvalue weighted by Gasteiger charge is -2.12. The van der Waals surface area contributed by atoms with Crippen molar-refractivity contribution in [2.45, 2.75) is 18.9 Å². The van der Waals surface area contributed by atoms with Crippen LogP contribution in [0.5, 0.6) is 16.7 Å². The maximum absolute atomic E-state index is 6.00. The molecule has 0 radical (unpaired) electrons. The fraction of sp³-hybridized carbons (Fsp3) is 0.278. The van der Waals surface area contributed by atoms with Gasteiger partial charge in [-0.05, 0) is 61.9 Å². The molecule has 4 rings (SSSR count). The van der Waals surface area contributed by atoms with Gasteiger partial charge < -0.3 is 14.8 Å². The molecule has 0 spiro atoms. The molecule has 25 heavy (non-hydrogen) atoms. The molecule has 1 saturated heterocycles. The molecule has 1 aliphatic rings. The molecule has 1 atom stereocenters. The molecule has 1 aromatic heterocycles. The molecule has 0 amide bonds. The van der Waals surface area contributed by atoms with Crippen molar-refractivity contribution in [2.24, 2.45) is 0 Å². The van der Waals surface area contributed by atoms with Crippen molar-refractivity contribution in [2.75, 3.05) is 13.2 Å². The average Bonchev–Trinajstić information content (AvgIpc) is 3.23. The van der Waals surface area contributed by atoms with Crippen LogP contribution in [0.1, 0.15) is 12.8 Å². The lowest BCUT2D eigenvalue weighted by atomic mass is 10.2. The predicted molar refractivity (Wildman–Crippen MR) is 105 cm³/mol. The molecule has 0 bridgehead atoms. The van der Waals surface area contributed by atoms with Gasteiger partial charge in [0.25, 0.3) is 5.19 Å². The second-order valence-electron chi connectivity index (χ2n) is 5.77. The summed E-state index contributed by atoms with van der Waals surface area (Å²) in [5.41, 5.74) is 0.892. The van der Waals surface area contributed by atoms with Crippen LogP contribution >= 0.6 is 35.3 Å². The Hall–Kier alpha value is -1.53. The SMILES string of the molecule is Cl.Clc1ccc2nc(Oc3ccc(OCC4CCCN4)cc3)sc2c1. The summed E-state index contributed by atoms with van der Waals surface area (Å²) in [6, 6.07) is 13.7. The number of nitrogens with one attached hydrogen (secondary N) is 1. The van der Waals surface area contributed by atoms with Crippen LogP contribution in [0.25, 0.3) is 10.2 Å². The summed E-state index contributed by atoms with van der Waals surface area (Å²) in [5.74, 6) is 1.60. The molecular formula is C18H18Cl2N2O2S. The van der Waals surface area contributed by atoms with E-state index in [4.69, 9.17) is 21.1 Å². The van der Waals surface area contributed by atoms with Gasteiger partial charge >= 0.3 is 0 Å². The van der Waals surface area contributed by atoms with Crippen molar-refractivity contribution in [3.8, 4) is 16.7 Å². The lowest BCUT2D eigenvalue weighted by molar-refractivity contribution is 0.277. The molecule has 1 N–H and O–H groups in total. The molecule has 3 aromatic rings. The largest absolute Gasteiger partial charge is 0.492 e. The van der Waals surface area contributed by atoms with E-state index >= 15 is 0 Å². The molecule has 1 unspecified atom stereocenters. The number of hydrogen-bond acceptors (Lipinski definition) is 5. The van der Waals surface area contributed by atoms with Crippen molar-refractivity contribution < 1.29 is 9.47 Å². The molecule has 1 aliphatic heterocycles. The van der Waals surface area contributed by atoms with Crippen molar-refractivity contribution in [3.63, 3.8) is 0 Å². The van der Waals surface area contributed by atoms with E-state index in [2.05, 4.69) is 10.3 Å². The number of benzene rings is 2. The number of ether oxygens (including phenoxy) is 2. The average molecular weight is 397 g/mol. The first-order valence-electron chi connectivity index (χ1n) is 7.96. The molecule has 132 valence electrons. The Bertz CT molecular complexity index is 833. The lowest BCUT2D eigenvalue weighted by Crippen LogP contribution is -2.28. The third-order valence-corrected chi connectivity index (χ3v) is 5.10. The van der Waals surface area contributed by atoms with Gasteiger partial charge in [0.1, 0.15) is 18.1 Å². The van der Waals surface area contributed by atoms with Gasteiger partial charge in [-0.1, -0.05) is 22.9 Å². The highest BCUT2D eigenvalue weighted by Gasteiger charge is 2.14. The third kappa shape index (κ3) is 4.55. The normalized spacial score (nSPS) is 16.6. The Kier molecular flexibility index (Phi) is 6.02. The van der Waals surface area contributed by atoms with E-state index in [0.29, 0.717) is 22.9 Å². The van der Waals surface area contributed by atoms with Gasteiger partial charge in [-0.2, -0.15) is 0 Å². The number of nitrogens with zero attached hydrogens (tertiary/aromatic N) is 1. The molecule has 7 heteroatoms. The first kappa shape index (κ1) is 18.3. The third-order valence-electron chi connectivity index (χ3n) is 3.97. The molecule has 2 heterocycles. The molecule has 0 saturated carbocycles. The van der Waals surface area contributed by atoms with E-state index in [1.165, 1.54) is 24.2 Å². The Morgan fingerprint density at radius 1 is 1.16 bits per heavy atom. The Morgan fingerprint density at radius 3 is 2.72 bits per heavy atom. The van der Waals surface area contributed by atoms with Gasteiger partial charge in [0.2, 0.25) is 0 Å². The summed E-state index contributed by atoms with van der Waals surface area (Å²) >= 11 is 7.48. The minimum Gasteiger partial charge on any atom is -0.492 e. The van der Waals surface area contributed by atoms with Crippen LogP contribution in [0.4, 0.5) is 0 Å². The van der Waals surface area contributed by atoms with E-state index in [1.54, 1.807) is 0 Å². The Labute approximate surface area is 161 Å². The second-order valence-corrected chi connectivity index (χ2v) is 7.20.